The number of hydrogen-bond acceptors (Lipinski definition) is 4. The molecule has 3 rings (SSSR count). The molecule has 2 aliphatic heterocycles. The van der Waals surface area contributed by atoms with Crippen LogP contribution in [0.2, 0.25) is 5.02 Å². The summed E-state index contributed by atoms with van der Waals surface area (Å²) in [7, 11) is 0. The molecule has 2 N–H and O–H groups in total. The van der Waals surface area contributed by atoms with Gasteiger partial charge in [0.1, 0.15) is 6.10 Å². The fraction of sp³-hybridized carbons (Fsp3) is 0.538. The van der Waals surface area contributed by atoms with Gasteiger partial charge in [-0.2, -0.15) is 0 Å². The zero-order valence-electron chi connectivity index (χ0n) is 10.5. The highest BCUT2D eigenvalue weighted by atomic mass is 35.5. The fourth-order valence-electron chi connectivity index (χ4n) is 2.47. The zero-order chi connectivity index (χ0) is 12.5. The van der Waals surface area contributed by atoms with E-state index in [0.29, 0.717) is 0 Å². The Bertz CT molecular complexity index is 446. The topological polar surface area (TPSA) is 36.5 Å². The number of piperazine rings is 1. The van der Waals surface area contributed by atoms with Crippen LogP contribution in [0.1, 0.15) is 6.92 Å². The number of nitrogens with zero attached hydrogens (tertiary/aromatic N) is 1. The van der Waals surface area contributed by atoms with E-state index in [1.54, 1.807) is 0 Å². The third-order valence-electron chi connectivity index (χ3n) is 3.39. The minimum Gasteiger partial charge on any atom is -0.485 e. The Hall–Kier alpha value is -1.13. The maximum atomic E-state index is 6.20. The zero-order valence-corrected chi connectivity index (χ0v) is 11.3. The van der Waals surface area contributed by atoms with Crippen molar-refractivity contribution >= 4 is 23.0 Å². The minimum atomic E-state index is 0.195. The molecule has 0 radical (unpaired) electrons. The monoisotopic (exact) mass is 267 g/mol. The van der Waals surface area contributed by atoms with Crippen LogP contribution in [-0.4, -0.2) is 38.8 Å². The van der Waals surface area contributed by atoms with Crippen molar-refractivity contribution in [2.24, 2.45) is 0 Å². The highest BCUT2D eigenvalue weighted by molar-refractivity contribution is 6.31. The molecule has 0 amide bonds. The summed E-state index contributed by atoms with van der Waals surface area (Å²) in [5, 5.41) is 7.50. The quantitative estimate of drug-likeness (QED) is 0.815. The molecule has 0 bridgehead atoms. The first-order valence-corrected chi connectivity index (χ1v) is 6.81. The molecule has 18 heavy (non-hydrogen) atoms. The van der Waals surface area contributed by atoms with E-state index < -0.39 is 0 Å². The molecule has 1 unspecified atom stereocenters. The van der Waals surface area contributed by atoms with E-state index >= 15 is 0 Å². The highest BCUT2D eigenvalue weighted by Crippen LogP contribution is 2.41. The number of rotatable bonds is 1. The van der Waals surface area contributed by atoms with Gasteiger partial charge in [-0.1, -0.05) is 11.6 Å². The largest absolute Gasteiger partial charge is 0.485 e. The van der Waals surface area contributed by atoms with Crippen molar-refractivity contribution in [1.29, 1.82) is 0 Å². The Balaban J connectivity index is 1.99. The molecule has 0 saturated carbocycles. The SMILES string of the molecule is CC1CNc2cc(Cl)cc(N3CCNCC3)c2O1. The van der Waals surface area contributed by atoms with Crippen LogP contribution in [0.25, 0.3) is 0 Å². The van der Waals surface area contributed by atoms with Crippen molar-refractivity contribution in [2.45, 2.75) is 13.0 Å². The molecular formula is C13H18ClN3O. The third-order valence-corrected chi connectivity index (χ3v) is 3.61. The average molecular weight is 268 g/mol. The maximum Gasteiger partial charge on any atom is 0.166 e. The van der Waals surface area contributed by atoms with Crippen molar-refractivity contribution in [2.75, 3.05) is 42.9 Å². The van der Waals surface area contributed by atoms with Crippen LogP contribution in [0.15, 0.2) is 12.1 Å². The first-order chi connectivity index (χ1) is 8.74. The first-order valence-electron chi connectivity index (χ1n) is 6.44. The van der Waals surface area contributed by atoms with Crippen molar-refractivity contribution in [3.05, 3.63) is 17.2 Å². The highest BCUT2D eigenvalue weighted by Gasteiger charge is 2.23. The first kappa shape index (κ1) is 11.9. The van der Waals surface area contributed by atoms with Crippen molar-refractivity contribution < 1.29 is 4.74 Å². The summed E-state index contributed by atoms with van der Waals surface area (Å²) in [6, 6.07) is 3.94. The van der Waals surface area contributed by atoms with Gasteiger partial charge in [0.05, 0.1) is 17.9 Å². The van der Waals surface area contributed by atoms with Gasteiger partial charge in [-0.15, -0.1) is 0 Å². The summed E-state index contributed by atoms with van der Waals surface area (Å²) in [4.78, 5) is 2.33. The average Bonchev–Trinajstić information content (AvgIpc) is 2.39. The van der Waals surface area contributed by atoms with Gasteiger partial charge in [0.15, 0.2) is 5.75 Å². The van der Waals surface area contributed by atoms with Gasteiger partial charge in [0.2, 0.25) is 0 Å². The molecule has 1 fully saturated rings. The standard InChI is InChI=1S/C13H18ClN3O/c1-9-8-16-11-6-10(14)7-12(13(11)18-9)17-4-2-15-3-5-17/h6-7,9,15-16H,2-5,8H2,1H3. The fourth-order valence-corrected chi connectivity index (χ4v) is 2.68. The molecule has 0 aliphatic carbocycles. The normalized spacial score (nSPS) is 23.0. The van der Waals surface area contributed by atoms with E-state index in [-0.39, 0.29) is 6.10 Å². The van der Waals surface area contributed by atoms with E-state index in [4.69, 9.17) is 16.3 Å². The van der Waals surface area contributed by atoms with Gasteiger partial charge in [-0.25, -0.2) is 0 Å². The summed E-state index contributed by atoms with van der Waals surface area (Å²) in [5.41, 5.74) is 2.12. The van der Waals surface area contributed by atoms with Crippen LogP contribution in [0, 0.1) is 0 Å². The number of hydrogen-bond donors (Lipinski definition) is 2. The second kappa shape index (κ2) is 4.86. The number of fused-ring (bicyclic) bond motifs is 1. The Morgan fingerprint density at radius 2 is 2.11 bits per heavy atom. The second-order valence-corrected chi connectivity index (χ2v) is 5.28. The van der Waals surface area contributed by atoms with E-state index in [1.807, 2.05) is 12.1 Å². The van der Waals surface area contributed by atoms with Crippen LogP contribution in [0.4, 0.5) is 11.4 Å². The molecule has 1 saturated heterocycles. The number of ether oxygens (including phenoxy) is 1. The number of halogens is 1. The molecule has 2 heterocycles. The van der Waals surface area contributed by atoms with Gasteiger partial charge < -0.3 is 20.3 Å². The Morgan fingerprint density at radius 1 is 1.33 bits per heavy atom. The lowest BCUT2D eigenvalue weighted by Gasteiger charge is -2.34. The summed E-state index contributed by atoms with van der Waals surface area (Å²) in [6.07, 6.45) is 0.195. The van der Waals surface area contributed by atoms with Gasteiger partial charge in [-0.3, -0.25) is 0 Å². The second-order valence-electron chi connectivity index (χ2n) is 4.85. The number of nitrogens with one attached hydrogen (secondary N) is 2. The van der Waals surface area contributed by atoms with E-state index in [2.05, 4.69) is 22.5 Å². The van der Waals surface area contributed by atoms with Gasteiger partial charge in [-0.05, 0) is 19.1 Å². The Labute approximate surface area is 112 Å². The molecule has 0 aromatic heterocycles. The molecule has 4 nitrogen and oxygen atoms in total. The molecule has 0 spiro atoms. The summed E-state index contributed by atoms with van der Waals surface area (Å²) in [6.45, 7) is 6.89. The van der Waals surface area contributed by atoms with Gasteiger partial charge >= 0.3 is 0 Å². The number of anilines is 2. The van der Waals surface area contributed by atoms with Crippen LogP contribution >= 0.6 is 11.6 Å². The molecule has 5 heteroatoms. The van der Waals surface area contributed by atoms with Crippen LogP contribution in [0.5, 0.6) is 5.75 Å². The van der Waals surface area contributed by atoms with Crippen LogP contribution in [-0.2, 0) is 0 Å². The van der Waals surface area contributed by atoms with E-state index in [0.717, 1.165) is 54.9 Å². The van der Waals surface area contributed by atoms with Gasteiger partial charge in [0, 0.05) is 31.2 Å². The van der Waals surface area contributed by atoms with Crippen molar-refractivity contribution in [1.82, 2.24) is 5.32 Å². The summed E-state index contributed by atoms with van der Waals surface area (Å²) in [5.74, 6) is 0.944. The van der Waals surface area contributed by atoms with Crippen molar-refractivity contribution in [3.63, 3.8) is 0 Å². The molecule has 2 aliphatic rings. The Kier molecular flexibility index (Phi) is 3.22. The lowest BCUT2D eigenvalue weighted by Crippen LogP contribution is -2.44. The molecule has 1 atom stereocenters. The molecule has 1 aromatic carbocycles. The predicted octanol–water partition coefficient (Wildman–Crippen LogP) is 1.94. The minimum absolute atomic E-state index is 0.195. The van der Waals surface area contributed by atoms with Gasteiger partial charge in [0.25, 0.3) is 0 Å². The summed E-state index contributed by atoms with van der Waals surface area (Å²) >= 11 is 6.20. The smallest absolute Gasteiger partial charge is 0.166 e. The Morgan fingerprint density at radius 3 is 2.89 bits per heavy atom. The van der Waals surface area contributed by atoms with Crippen LogP contribution in [0.3, 0.4) is 0 Å². The molecule has 1 aromatic rings. The lowest BCUT2D eigenvalue weighted by atomic mass is 10.1. The number of benzene rings is 1. The van der Waals surface area contributed by atoms with E-state index in [9.17, 15) is 0 Å². The lowest BCUT2D eigenvalue weighted by molar-refractivity contribution is 0.226. The maximum absolute atomic E-state index is 6.20. The van der Waals surface area contributed by atoms with E-state index in [1.165, 1.54) is 0 Å². The predicted molar refractivity (Wildman–Crippen MR) is 75.1 cm³/mol. The van der Waals surface area contributed by atoms with Crippen LogP contribution < -0.4 is 20.3 Å². The molecular weight excluding hydrogens is 250 g/mol. The summed E-state index contributed by atoms with van der Waals surface area (Å²) < 4.78 is 5.99. The molecule has 98 valence electrons. The van der Waals surface area contributed by atoms with Crippen molar-refractivity contribution in [3.8, 4) is 5.75 Å². The third kappa shape index (κ3) is 2.22.